The van der Waals surface area contributed by atoms with Gasteiger partial charge >= 0.3 is 5.97 Å². The summed E-state index contributed by atoms with van der Waals surface area (Å²) in [5.74, 6) is 0.944. The maximum atomic E-state index is 11.1. The van der Waals surface area contributed by atoms with Crippen LogP contribution in [0.25, 0.3) is 0 Å². The van der Waals surface area contributed by atoms with Crippen LogP contribution in [0, 0.1) is 11.3 Å². The average Bonchev–Trinajstić information content (AvgIpc) is 2.29. The number of carbonyl (C=O) groups excluding carboxylic acids is 1. The van der Waals surface area contributed by atoms with Crippen molar-refractivity contribution in [1.82, 2.24) is 0 Å². The zero-order valence-corrected chi connectivity index (χ0v) is 9.21. The maximum absolute atomic E-state index is 11.1. The molecule has 1 aromatic rings. The van der Waals surface area contributed by atoms with Crippen molar-refractivity contribution in [3.05, 3.63) is 35.4 Å². The standard InChI is InChI=1S/C11H11NO2S/c1-14-11(13)10-4-2-9(3-5-10)8-15-7-6-12/h2-5H,7-8H2,1H3. The highest BCUT2D eigenvalue weighted by Gasteiger charge is 2.03. The van der Waals surface area contributed by atoms with E-state index in [2.05, 4.69) is 10.8 Å². The largest absolute Gasteiger partial charge is 0.465 e. The molecule has 15 heavy (non-hydrogen) atoms. The summed E-state index contributed by atoms with van der Waals surface area (Å²) in [7, 11) is 1.36. The number of ether oxygens (including phenoxy) is 1. The Morgan fingerprint density at radius 3 is 2.67 bits per heavy atom. The summed E-state index contributed by atoms with van der Waals surface area (Å²) >= 11 is 1.55. The van der Waals surface area contributed by atoms with E-state index in [9.17, 15) is 4.79 Å². The zero-order chi connectivity index (χ0) is 11.1. The minimum absolute atomic E-state index is 0.328. The SMILES string of the molecule is COC(=O)c1ccc(CSCC#N)cc1. The van der Waals surface area contributed by atoms with E-state index in [0.29, 0.717) is 11.3 Å². The first-order valence-corrected chi connectivity index (χ1v) is 5.55. The van der Waals surface area contributed by atoms with Crippen LogP contribution in [0.3, 0.4) is 0 Å². The lowest BCUT2D eigenvalue weighted by Gasteiger charge is -2.01. The van der Waals surface area contributed by atoms with Gasteiger partial charge in [-0.2, -0.15) is 5.26 Å². The van der Waals surface area contributed by atoms with Crippen LogP contribution in [-0.2, 0) is 10.5 Å². The monoisotopic (exact) mass is 221 g/mol. The fourth-order valence-electron chi connectivity index (χ4n) is 1.07. The molecule has 0 bridgehead atoms. The van der Waals surface area contributed by atoms with E-state index in [0.717, 1.165) is 11.3 Å². The Labute approximate surface area is 93.0 Å². The van der Waals surface area contributed by atoms with Gasteiger partial charge in [0.1, 0.15) is 0 Å². The first kappa shape index (κ1) is 11.6. The molecule has 0 saturated heterocycles. The predicted molar refractivity (Wildman–Crippen MR) is 59.6 cm³/mol. The van der Waals surface area contributed by atoms with Gasteiger partial charge in [0.2, 0.25) is 0 Å². The number of hydrogen-bond donors (Lipinski definition) is 0. The highest BCUT2D eigenvalue weighted by Crippen LogP contribution is 2.12. The van der Waals surface area contributed by atoms with E-state index in [1.807, 2.05) is 12.1 Å². The average molecular weight is 221 g/mol. The molecule has 3 nitrogen and oxygen atoms in total. The summed E-state index contributed by atoms with van der Waals surface area (Å²) in [5.41, 5.74) is 1.65. The molecule has 0 saturated carbocycles. The number of benzene rings is 1. The predicted octanol–water partition coefficient (Wildman–Crippen LogP) is 2.23. The number of carbonyl (C=O) groups is 1. The molecule has 1 aromatic carbocycles. The highest BCUT2D eigenvalue weighted by molar-refractivity contribution is 7.98. The lowest BCUT2D eigenvalue weighted by Crippen LogP contribution is -2.00. The molecule has 0 aromatic heterocycles. The van der Waals surface area contributed by atoms with E-state index in [-0.39, 0.29) is 5.97 Å². The molecule has 0 aliphatic rings. The van der Waals surface area contributed by atoms with Crippen molar-refractivity contribution in [2.75, 3.05) is 12.9 Å². The van der Waals surface area contributed by atoms with Gasteiger partial charge in [-0.1, -0.05) is 12.1 Å². The second-order valence-corrected chi connectivity index (χ2v) is 3.83. The molecule has 0 N–H and O–H groups in total. The third-order valence-electron chi connectivity index (χ3n) is 1.81. The third kappa shape index (κ3) is 3.64. The normalized spacial score (nSPS) is 9.33. The maximum Gasteiger partial charge on any atom is 0.337 e. The van der Waals surface area contributed by atoms with Crippen molar-refractivity contribution in [2.45, 2.75) is 5.75 Å². The Balaban J connectivity index is 2.57. The number of nitrogens with zero attached hydrogens (tertiary/aromatic N) is 1. The molecule has 0 aliphatic heterocycles. The fourth-order valence-corrected chi connectivity index (χ4v) is 1.69. The van der Waals surface area contributed by atoms with E-state index < -0.39 is 0 Å². The van der Waals surface area contributed by atoms with Gasteiger partial charge in [-0.15, -0.1) is 11.8 Å². The first-order chi connectivity index (χ1) is 7.27. The second-order valence-electron chi connectivity index (χ2n) is 2.84. The van der Waals surface area contributed by atoms with Gasteiger partial charge in [-0.3, -0.25) is 0 Å². The minimum atomic E-state index is -0.328. The Hall–Kier alpha value is -1.47. The van der Waals surface area contributed by atoms with Crippen LogP contribution in [0.4, 0.5) is 0 Å². The lowest BCUT2D eigenvalue weighted by molar-refractivity contribution is 0.0601. The molecule has 4 heteroatoms. The molecule has 0 spiro atoms. The second kappa shape index (κ2) is 6.10. The Bertz CT molecular complexity index is 367. The molecule has 0 fully saturated rings. The van der Waals surface area contributed by atoms with Crippen molar-refractivity contribution in [2.24, 2.45) is 0 Å². The van der Waals surface area contributed by atoms with E-state index in [1.165, 1.54) is 7.11 Å². The van der Waals surface area contributed by atoms with Crippen LogP contribution in [-0.4, -0.2) is 18.8 Å². The summed E-state index contributed by atoms with van der Waals surface area (Å²) in [6, 6.07) is 9.27. The molecule has 78 valence electrons. The molecule has 0 aliphatic carbocycles. The minimum Gasteiger partial charge on any atom is -0.465 e. The fraction of sp³-hybridized carbons (Fsp3) is 0.273. The Morgan fingerprint density at radius 1 is 1.47 bits per heavy atom. The summed E-state index contributed by atoms with van der Waals surface area (Å²) < 4.78 is 4.59. The molecule has 0 atom stereocenters. The summed E-state index contributed by atoms with van der Waals surface area (Å²) in [6.45, 7) is 0. The smallest absolute Gasteiger partial charge is 0.337 e. The first-order valence-electron chi connectivity index (χ1n) is 4.40. The van der Waals surface area contributed by atoms with Gasteiger partial charge in [0.15, 0.2) is 0 Å². The third-order valence-corrected chi connectivity index (χ3v) is 2.68. The van der Waals surface area contributed by atoms with Crippen molar-refractivity contribution >= 4 is 17.7 Å². The van der Waals surface area contributed by atoms with E-state index >= 15 is 0 Å². The number of rotatable bonds is 4. The molecular weight excluding hydrogens is 210 g/mol. The molecule has 0 unspecified atom stereocenters. The molecule has 1 rings (SSSR count). The summed E-state index contributed by atoms with van der Waals surface area (Å²) in [5, 5.41) is 8.36. The summed E-state index contributed by atoms with van der Waals surface area (Å²) in [4.78, 5) is 11.1. The van der Waals surface area contributed by atoms with E-state index in [1.54, 1.807) is 23.9 Å². The van der Waals surface area contributed by atoms with Crippen molar-refractivity contribution < 1.29 is 9.53 Å². The van der Waals surface area contributed by atoms with Crippen molar-refractivity contribution in [1.29, 1.82) is 5.26 Å². The van der Waals surface area contributed by atoms with Gasteiger partial charge in [0.05, 0.1) is 24.5 Å². The number of thioether (sulfide) groups is 1. The van der Waals surface area contributed by atoms with E-state index in [4.69, 9.17) is 5.26 Å². The number of nitriles is 1. The number of hydrogen-bond acceptors (Lipinski definition) is 4. The van der Waals surface area contributed by atoms with Gasteiger partial charge in [0.25, 0.3) is 0 Å². The molecule has 0 amide bonds. The number of esters is 1. The van der Waals surface area contributed by atoms with Gasteiger partial charge in [-0.25, -0.2) is 4.79 Å². The highest BCUT2D eigenvalue weighted by atomic mass is 32.2. The van der Waals surface area contributed by atoms with Crippen LogP contribution >= 0.6 is 11.8 Å². The topological polar surface area (TPSA) is 50.1 Å². The molecule has 0 heterocycles. The molecular formula is C11H11NO2S. The van der Waals surface area contributed by atoms with Crippen molar-refractivity contribution in [3.63, 3.8) is 0 Å². The zero-order valence-electron chi connectivity index (χ0n) is 8.40. The lowest BCUT2D eigenvalue weighted by atomic mass is 10.1. The van der Waals surface area contributed by atoms with Crippen LogP contribution < -0.4 is 0 Å². The van der Waals surface area contributed by atoms with Crippen LogP contribution in [0.2, 0.25) is 0 Å². The quantitative estimate of drug-likeness (QED) is 0.578. The van der Waals surface area contributed by atoms with Crippen LogP contribution in [0.5, 0.6) is 0 Å². The Morgan fingerprint density at radius 2 is 2.13 bits per heavy atom. The summed E-state index contributed by atoms with van der Waals surface area (Å²) in [6.07, 6.45) is 0. The van der Waals surface area contributed by atoms with Gasteiger partial charge < -0.3 is 4.74 Å². The Kier molecular flexibility index (Phi) is 4.72. The molecule has 0 radical (unpaired) electrons. The van der Waals surface area contributed by atoms with Crippen LogP contribution in [0.15, 0.2) is 24.3 Å². The van der Waals surface area contributed by atoms with Gasteiger partial charge in [-0.05, 0) is 17.7 Å². The number of methoxy groups -OCH3 is 1. The van der Waals surface area contributed by atoms with Crippen molar-refractivity contribution in [3.8, 4) is 6.07 Å². The van der Waals surface area contributed by atoms with Gasteiger partial charge in [0, 0.05) is 5.75 Å². The van der Waals surface area contributed by atoms with Crippen LogP contribution in [0.1, 0.15) is 15.9 Å².